The third-order valence-corrected chi connectivity index (χ3v) is 1.63. The molecule has 0 aromatic heterocycles. The van der Waals surface area contributed by atoms with E-state index in [2.05, 4.69) is 5.32 Å². The first kappa shape index (κ1) is 16.1. The van der Waals surface area contributed by atoms with E-state index in [1.807, 2.05) is 0 Å². The molecular formula is C12H19NO5. The van der Waals surface area contributed by atoms with E-state index in [0.717, 1.165) is 12.2 Å². The van der Waals surface area contributed by atoms with Crippen LogP contribution in [0.4, 0.5) is 0 Å². The van der Waals surface area contributed by atoms with Gasteiger partial charge in [-0.05, 0) is 20.8 Å². The second-order valence-corrected chi connectivity index (χ2v) is 4.05. The Morgan fingerprint density at radius 1 is 1.11 bits per heavy atom. The zero-order chi connectivity index (χ0) is 14.1. The standard InChI is InChI=1S/C12H19NO5/c1-8(2)18-12(16)6-5-11(15)17-7-9(3)13-10(4)14/h5-6,8-9H,7H2,1-4H3,(H,13,14)/b6-5+/t9-/m1/s1. The predicted octanol–water partition coefficient (Wildman–Crippen LogP) is 0.562. The van der Waals surface area contributed by atoms with Crippen molar-refractivity contribution in [1.29, 1.82) is 0 Å². The van der Waals surface area contributed by atoms with Crippen LogP contribution in [0, 0.1) is 0 Å². The number of esters is 2. The Kier molecular flexibility index (Phi) is 7.42. The van der Waals surface area contributed by atoms with Gasteiger partial charge in [-0.25, -0.2) is 9.59 Å². The molecule has 1 N–H and O–H groups in total. The van der Waals surface area contributed by atoms with Crippen LogP contribution < -0.4 is 5.32 Å². The minimum Gasteiger partial charge on any atom is -0.460 e. The van der Waals surface area contributed by atoms with Gasteiger partial charge in [0.1, 0.15) is 6.61 Å². The molecule has 0 aliphatic heterocycles. The van der Waals surface area contributed by atoms with Gasteiger partial charge in [-0.1, -0.05) is 0 Å². The molecule has 102 valence electrons. The highest BCUT2D eigenvalue weighted by atomic mass is 16.5. The molecule has 0 aromatic carbocycles. The Balaban J connectivity index is 3.93. The van der Waals surface area contributed by atoms with Crippen molar-refractivity contribution in [3.63, 3.8) is 0 Å². The number of rotatable bonds is 6. The Labute approximate surface area is 106 Å². The average molecular weight is 257 g/mol. The Bertz CT molecular complexity index is 335. The van der Waals surface area contributed by atoms with Crippen LogP contribution in [0.2, 0.25) is 0 Å². The fraction of sp³-hybridized carbons (Fsp3) is 0.583. The third kappa shape index (κ3) is 9.38. The number of carbonyl (C=O) groups excluding carboxylic acids is 3. The summed E-state index contributed by atoms with van der Waals surface area (Å²) in [7, 11) is 0. The first-order chi connectivity index (χ1) is 8.31. The van der Waals surface area contributed by atoms with Crippen molar-refractivity contribution >= 4 is 17.8 Å². The first-order valence-corrected chi connectivity index (χ1v) is 5.63. The van der Waals surface area contributed by atoms with Crippen LogP contribution in [0.3, 0.4) is 0 Å². The van der Waals surface area contributed by atoms with E-state index < -0.39 is 11.9 Å². The molecule has 18 heavy (non-hydrogen) atoms. The molecule has 0 radical (unpaired) electrons. The molecule has 0 heterocycles. The zero-order valence-electron chi connectivity index (χ0n) is 11.1. The van der Waals surface area contributed by atoms with Crippen molar-refractivity contribution in [2.45, 2.75) is 39.8 Å². The van der Waals surface area contributed by atoms with Gasteiger partial charge in [0.05, 0.1) is 12.1 Å². The summed E-state index contributed by atoms with van der Waals surface area (Å²) < 4.78 is 9.60. The summed E-state index contributed by atoms with van der Waals surface area (Å²) in [6, 6.07) is -0.275. The number of carbonyl (C=O) groups is 3. The van der Waals surface area contributed by atoms with Gasteiger partial charge in [-0.15, -0.1) is 0 Å². The molecule has 1 amide bonds. The zero-order valence-corrected chi connectivity index (χ0v) is 11.1. The number of hydrogen-bond acceptors (Lipinski definition) is 5. The van der Waals surface area contributed by atoms with Gasteiger partial charge in [0.15, 0.2) is 0 Å². The smallest absolute Gasteiger partial charge is 0.331 e. The maximum absolute atomic E-state index is 11.2. The molecule has 0 spiro atoms. The Hall–Kier alpha value is -1.85. The van der Waals surface area contributed by atoms with Crippen molar-refractivity contribution in [2.75, 3.05) is 6.61 Å². The summed E-state index contributed by atoms with van der Waals surface area (Å²) in [6.45, 7) is 6.53. The topological polar surface area (TPSA) is 81.7 Å². The van der Waals surface area contributed by atoms with Gasteiger partial charge < -0.3 is 14.8 Å². The summed E-state index contributed by atoms with van der Waals surface area (Å²) in [6.07, 6.45) is 1.76. The SMILES string of the molecule is CC(=O)N[C@H](C)COC(=O)/C=C/C(=O)OC(C)C. The van der Waals surface area contributed by atoms with Crippen LogP contribution in [-0.2, 0) is 23.9 Å². The molecule has 0 aromatic rings. The quantitative estimate of drug-likeness (QED) is 0.555. The molecule has 6 nitrogen and oxygen atoms in total. The molecule has 0 fully saturated rings. The van der Waals surface area contributed by atoms with Crippen LogP contribution in [0.25, 0.3) is 0 Å². The van der Waals surface area contributed by atoms with E-state index in [0.29, 0.717) is 0 Å². The first-order valence-electron chi connectivity index (χ1n) is 5.63. The molecular weight excluding hydrogens is 238 g/mol. The van der Waals surface area contributed by atoms with E-state index in [1.165, 1.54) is 6.92 Å². The molecule has 1 atom stereocenters. The molecule has 0 aliphatic rings. The lowest BCUT2D eigenvalue weighted by Gasteiger charge is -2.11. The van der Waals surface area contributed by atoms with Crippen LogP contribution in [-0.4, -0.2) is 36.6 Å². The highest BCUT2D eigenvalue weighted by Gasteiger charge is 2.07. The summed E-state index contributed by atoms with van der Waals surface area (Å²) in [5, 5.41) is 2.56. The number of hydrogen-bond donors (Lipinski definition) is 1. The molecule has 0 saturated heterocycles. The highest BCUT2D eigenvalue weighted by molar-refractivity contribution is 5.91. The van der Waals surface area contributed by atoms with Crippen LogP contribution >= 0.6 is 0 Å². The fourth-order valence-corrected chi connectivity index (χ4v) is 1.05. The third-order valence-electron chi connectivity index (χ3n) is 1.63. The molecule has 0 rings (SSSR count). The number of ether oxygens (including phenoxy) is 2. The lowest BCUT2D eigenvalue weighted by Crippen LogP contribution is -2.34. The second-order valence-electron chi connectivity index (χ2n) is 4.05. The van der Waals surface area contributed by atoms with Crippen molar-refractivity contribution in [3.8, 4) is 0 Å². The molecule has 0 unspecified atom stereocenters. The van der Waals surface area contributed by atoms with E-state index >= 15 is 0 Å². The second kappa shape index (κ2) is 8.27. The van der Waals surface area contributed by atoms with Crippen LogP contribution in [0.5, 0.6) is 0 Å². The molecule has 6 heteroatoms. The fourth-order valence-electron chi connectivity index (χ4n) is 1.05. The van der Waals surface area contributed by atoms with Crippen LogP contribution in [0.1, 0.15) is 27.7 Å². The van der Waals surface area contributed by atoms with E-state index in [9.17, 15) is 14.4 Å². The summed E-state index contributed by atoms with van der Waals surface area (Å²) >= 11 is 0. The highest BCUT2D eigenvalue weighted by Crippen LogP contribution is 1.92. The molecule has 0 saturated carbocycles. The van der Waals surface area contributed by atoms with Gasteiger partial charge in [0.2, 0.25) is 5.91 Å². The monoisotopic (exact) mass is 257 g/mol. The number of nitrogens with one attached hydrogen (secondary N) is 1. The van der Waals surface area contributed by atoms with Gasteiger partial charge >= 0.3 is 11.9 Å². The maximum Gasteiger partial charge on any atom is 0.331 e. The maximum atomic E-state index is 11.2. The van der Waals surface area contributed by atoms with Crippen molar-refractivity contribution < 1.29 is 23.9 Å². The largest absolute Gasteiger partial charge is 0.460 e. The lowest BCUT2D eigenvalue weighted by atomic mass is 10.3. The Morgan fingerprint density at radius 3 is 2.17 bits per heavy atom. The normalized spacial score (nSPS) is 12.3. The summed E-state index contributed by atoms with van der Waals surface area (Å²) in [5.41, 5.74) is 0. The van der Waals surface area contributed by atoms with E-state index in [-0.39, 0.29) is 24.7 Å². The van der Waals surface area contributed by atoms with Crippen molar-refractivity contribution in [1.82, 2.24) is 5.32 Å². The van der Waals surface area contributed by atoms with Crippen molar-refractivity contribution in [2.24, 2.45) is 0 Å². The van der Waals surface area contributed by atoms with E-state index in [1.54, 1.807) is 20.8 Å². The summed E-state index contributed by atoms with van der Waals surface area (Å²) in [5.74, 6) is -1.46. The lowest BCUT2D eigenvalue weighted by molar-refractivity contribution is -0.143. The van der Waals surface area contributed by atoms with E-state index in [4.69, 9.17) is 9.47 Å². The average Bonchev–Trinajstić information content (AvgIpc) is 2.21. The predicted molar refractivity (Wildman–Crippen MR) is 64.6 cm³/mol. The Morgan fingerprint density at radius 2 is 1.67 bits per heavy atom. The van der Waals surface area contributed by atoms with Gasteiger partial charge in [0, 0.05) is 19.1 Å². The van der Waals surface area contributed by atoms with Gasteiger partial charge in [0.25, 0.3) is 0 Å². The summed E-state index contributed by atoms with van der Waals surface area (Å²) in [4.78, 5) is 33.0. The van der Waals surface area contributed by atoms with Crippen LogP contribution in [0.15, 0.2) is 12.2 Å². The van der Waals surface area contributed by atoms with Gasteiger partial charge in [-0.2, -0.15) is 0 Å². The molecule has 0 aliphatic carbocycles. The van der Waals surface area contributed by atoms with Gasteiger partial charge in [-0.3, -0.25) is 4.79 Å². The van der Waals surface area contributed by atoms with Crippen molar-refractivity contribution in [3.05, 3.63) is 12.2 Å². The number of amides is 1. The minimum atomic E-state index is -0.659. The molecule has 0 bridgehead atoms. The minimum absolute atomic E-state index is 0.0436.